The minimum Gasteiger partial charge on any atom is -0.289 e. The van der Waals surface area contributed by atoms with Crippen LogP contribution in [0, 0.1) is 5.82 Å². The van der Waals surface area contributed by atoms with Crippen molar-refractivity contribution in [1.82, 2.24) is 0 Å². The molecule has 1 nitrogen and oxygen atoms in total. The van der Waals surface area contributed by atoms with E-state index in [2.05, 4.69) is 0 Å². The molecule has 3 aromatic carbocycles. The molecule has 0 spiro atoms. The fraction of sp³-hybridized carbons (Fsp3) is 0. The second-order valence-corrected chi connectivity index (χ2v) is 6.25. The average Bonchev–Trinajstić information content (AvgIpc) is 2.63. The van der Waals surface area contributed by atoms with Gasteiger partial charge >= 0.3 is 0 Å². The van der Waals surface area contributed by atoms with E-state index in [1.807, 2.05) is 6.07 Å². The highest BCUT2D eigenvalue weighted by Crippen LogP contribution is 2.29. The van der Waals surface area contributed by atoms with Gasteiger partial charge in [0.2, 0.25) is 0 Å². The van der Waals surface area contributed by atoms with Gasteiger partial charge in [0, 0.05) is 21.7 Å². The first-order valence-corrected chi connectivity index (χ1v) is 8.33. The number of Topliss-reactive ketones (excluding diaryl/α,β-unsaturated/α-hetero) is 1. The second kappa shape index (κ2) is 7.64. The second-order valence-electron chi connectivity index (χ2n) is 5.41. The molecule has 3 rings (SSSR count). The summed E-state index contributed by atoms with van der Waals surface area (Å²) in [7, 11) is 0. The maximum absolute atomic E-state index is 14.6. The number of carbonyl (C=O) groups is 1. The fourth-order valence-corrected chi connectivity index (χ4v) is 2.86. The molecule has 0 saturated carbocycles. The zero-order valence-corrected chi connectivity index (χ0v) is 14.6. The van der Waals surface area contributed by atoms with Crippen LogP contribution in [0.4, 0.5) is 4.39 Å². The van der Waals surface area contributed by atoms with Crippen LogP contribution in [0.5, 0.6) is 0 Å². The van der Waals surface area contributed by atoms with Crippen LogP contribution in [-0.2, 0) is 0 Å². The van der Waals surface area contributed by atoms with Crippen LogP contribution >= 0.6 is 23.2 Å². The molecule has 0 heterocycles. The summed E-state index contributed by atoms with van der Waals surface area (Å²) in [6.07, 6.45) is 1.62. The number of halogens is 3. The Bertz CT molecular complexity index is 949. The summed E-state index contributed by atoms with van der Waals surface area (Å²) < 4.78 is 14.6. The van der Waals surface area contributed by atoms with Crippen molar-refractivity contribution in [2.45, 2.75) is 0 Å². The molecule has 0 bridgehead atoms. The maximum Gasteiger partial charge on any atom is 0.193 e. The quantitative estimate of drug-likeness (QED) is 0.289. The predicted octanol–water partition coefficient (Wildman–Crippen LogP) is 6.56. The van der Waals surface area contributed by atoms with E-state index in [9.17, 15) is 9.18 Å². The predicted molar refractivity (Wildman–Crippen MR) is 102 cm³/mol. The Balaban J connectivity index is 2.18. The van der Waals surface area contributed by atoms with Crippen LogP contribution in [0.25, 0.3) is 11.6 Å². The summed E-state index contributed by atoms with van der Waals surface area (Å²) in [6, 6.07) is 20.3. The molecule has 0 N–H and O–H groups in total. The van der Waals surface area contributed by atoms with Crippen LogP contribution in [0.2, 0.25) is 10.0 Å². The Morgan fingerprint density at radius 3 is 2.32 bits per heavy atom. The van der Waals surface area contributed by atoms with Crippen LogP contribution in [0.15, 0.2) is 72.8 Å². The van der Waals surface area contributed by atoms with Gasteiger partial charge in [0.15, 0.2) is 5.78 Å². The van der Waals surface area contributed by atoms with E-state index < -0.39 is 5.82 Å². The van der Waals surface area contributed by atoms with E-state index in [1.54, 1.807) is 66.7 Å². The third-order valence-corrected chi connectivity index (χ3v) is 4.21. The SMILES string of the molecule is O=C(C(=Cc1cccc(Cl)c1)c1cccc(Cl)c1F)c1ccccc1. The molecule has 0 aliphatic carbocycles. The highest BCUT2D eigenvalue weighted by Gasteiger charge is 2.19. The third-order valence-electron chi connectivity index (χ3n) is 3.68. The fourth-order valence-electron chi connectivity index (χ4n) is 2.49. The lowest BCUT2D eigenvalue weighted by Gasteiger charge is -2.10. The highest BCUT2D eigenvalue weighted by atomic mass is 35.5. The normalized spacial score (nSPS) is 11.4. The lowest BCUT2D eigenvalue weighted by Crippen LogP contribution is -2.05. The van der Waals surface area contributed by atoms with Gasteiger partial charge in [-0.2, -0.15) is 0 Å². The number of carbonyl (C=O) groups excluding carboxylic acids is 1. The largest absolute Gasteiger partial charge is 0.289 e. The number of hydrogen-bond acceptors (Lipinski definition) is 1. The van der Waals surface area contributed by atoms with E-state index in [0.29, 0.717) is 16.1 Å². The number of rotatable bonds is 4. The van der Waals surface area contributed by atoms with Gasteiger partial charge in [0.1, 0.15) is 5.82 Å². The highest BCUT2D eigenvalue weighted by molar-refractivity contribution is 6.34. The lowest BCUT2D eigenvalue weighted by atomic mass is 9.94. The Hall–Kier alpha value is -2.42. The van der Waals surface area contributed by atoms with Gasteiger partial charge < -0.3 is 0 Å². The summed E-state index contributed by atoms with van der Waals surface area (Å²) in [5.41, 5.74) is 1.54. The zero-order valence-electron chi connectivity index (χ0n) is 13.0. The first kappa shape index (κ1) is 17.4. The van der Waals surface area contributed by atoms with E-state index in [-0.39, 0.29) is 21.9 Å². The summed E-state index contributed by atoms with van der Waals surface area (Å²) in [6.45, 7) is 0. The van der Waals surface area contributed by atoms with Gasteiger partial charge in [-0.15, -0.1) is 0 Å². The van der Waals surface area contributed by atoms with Gasteiger partial charge in [-0.3, -0.25) is 4.79 Å². The van der Waals surface area contributed by atoms with Gasteiger partial charge in [-0.05, 0) is 29.8 Å². The first-order valence-electron chi connectivity index (χ1n) is 7.57. The Labute approximate surface area is 155 Å². The third kappa shape index (κ3) is 3.98. The van der Waals surface area contributed by atoms with Crippen LogP contribution in [-0.4, -0.2) is 5.78 Å². The summed E-state index contributed by atoms with van der Waals surface area (Å²) in [4.78, 5) is 13.0. The molecule has 0 aliphatic heterocycles. The summed E-state index contributed by atoms with van der Waals surface area (Å²) in [5.74, 6) is -0.913. The van der Waals surface area contributed by atoms with Crippen molar-refractivity contribution in [2.24, 2.45) is 0 Å². The van der Waals surface area contributed by atoms with Crippen molar-refractivity contribution < 1.29 is 9.18 Å². The summed E-state index contributed by atoms with van der Waals surface area (Å²) in [5, 5.41) is 0.502. The van der Waals surface area contributed by atoms with Gasteiger partial charge in [-0.1, -0.05) is 77.8 Å². The van der Waals surface area contributed by atoms with E-state index in [4.69, 9.17) is 23.2 Å². The van der Waals surface area contributed by atoms with E-state index >= 15 is 0 Å². The molecule has 0 amide bonds. The van der Waals surface area contributed by atoms with Crippen molar-refractivity contribution in [3.05, 3.63) is 105 Å². The van der Waals surface area contributed by atoms with Gasteiger partial charge in [-0.25, -0.2) is 4.39 Å². The van der Waals surface area contributed by atoms with Gasteiger partial charge in [0.05, 0.1) is 5.02 Å². The topological polar surface area (TPSA) is 17.1 Å². The molecule has 0 saturated heterocycles. The van der Waals surface area contributed by atoms with E-state index in [0.717, 1.165) is 0 Å². The maximum atomic E-state index is 14.6. The Morgan fingerprint density at radius 1 is 0.880 bits per heavy atom. The van der Waals surface area contributed by atoms with Crippen molar-refractivity contribution in [1.29, 1.82) is 0 Å². The smallest absolute Gasteiger partial charge is 0.193 e. The zero-order chi connectivity index (χ0) is 17.8. The minimum absolute atomic E-state index is 0.0321. The lowest BCUT2D eigenvalue weighted by molar-refractivity contribution is 0.105. The number of allylic oxidation sites excluding steroid dienone is 1. The van der Waals surface area contributed by atoms with Gasteiger partial charge in [0.25, 0.3) is 0 Å². The number of hydrogen-bond donors (Lipinski definition) is 0. The molecular formula is C21H13Cl2FO. The average molecular weight is 371 g/mol. The van der Waals surface area contributed by atoms with Crippen molar-refractivity contribution in [3.8, 4) is 0 Å². The molecule has 0 aliphatic rings. The molecule has 0 unspecified atom stereocenters. The Morgan fingerprint density at radius 2 is 1.60 bits per heavy atom. The molecule has 0 radical (unpaired) electrons. The molecule has 25 heavy (non-hydrogen) atoms. The number of ketones is 1. The van der Waals surface area contributed by atoms with Crippen LogP contribution in [0.1, 0.15) is 21.5 Å². The van der Waals surface area contributed by atoms with Crippen LogP contribution < -0.4 is 0 Å². The molecule has 3 aromatic rings. The first-order chi connectivity index (χ1) is 12.1. The molecule has 0 fully saturated rings. The van der Waals surface area contributed by atoms with Crippen molar-refractivity contribution >= 4 is 40.6 Å². The molecule has 0 aromatic heterocycles. The van der Waals surface area contributed by atoms with Crippen molar-refractivity contribution in [2.75, 3.05) is 0 Å². The molecule has 4 heteroatoms. The van der Waals surface area contributed by atoms with E-state index in [1.165, 1.54) is 6.07 Å². The number of benzene rings is 3. The monoisotopic (exact) mass is 370 g/mol. The molecule has 0 atom stereocenters. The van der Waals surface area contributed by atoms with Crippen molar-refractivity contribution in [3.63, 3.8) is 0 Å². The summed E-state index contributed by atoms with van der Waals surface area (Å²) >= 11 is 11.9. The minimum atomic E-state index is -0.623. The Kier molecular flexibility index (Phi) is 5.32. The molecule has 124 valence electrons. The molecular weight excluding hydrogens is 358 g/mol. The standard InChI is InChI=1S/C21H13Cl2FO/c22-16-9-4-6-14(12-16)13-18(17-10-5-11-19(23)20(17)24)21(25)15-7-2-1-3-8-15/h1-13H. The van der Waals surface area contributed by atoms with Crippen LogP contribution in [0.3, 0.4) is 0 Å².